The van der Waals surface area contributed by atoms with Crippen LogP contribution >= 0.6 is 0 Å². The molecule has 25 heavy (non-hydrogen) atoms. The lowest BCUT2D eigenvalue weighted by Crippen LogP contribution is -2.30. The number of nitrogens with zero attached hydrogens (tertiary/aromatic N) is 7. The Balaban J connectivity index is 1.86. The van der Waals surface area contributed by atoms with Gasteiger partial charge in [0.05, 0.1) is 17.3 Å². The molecule has 0 aliphatic heterocycles. The normalized spacial score (nSPS) is 12.1. The third-order valence-corrected chi connectivity index (χ3v) is 3.81. The average molecular weight is 342 g/mol. The third-order valence-electron chi connectivity index (χ3n) is 3.81. The monoisotopic (exact) mass is 342 g/mol. The van der Waals surface area contributed by atoms with Crippen molar-refractivity contribution in [1.82, 2.24) is 40.3 Å². The van der Waals surface area contributed by atoms with E-state index in [1.165, 1.54) is 29.5 Å². The molecule has 0 aliphatic carbocycles. The van der Waals surface area contributed by atoms with Gasteiger partial charge in [0.25, 0.3) is 5.91 Å². The number of aromatic nitrogens is 7. The maximum absolute atomic E-state index is 12.7. The first-order valence-electron chi connectivity index (χ1n) is 7.89. The van der Waals surface area contributed by atoms with Gasteiger partial charge in [-0.2, -0.15) is 5.10 Å². The summed E-state index contributed by atoms with van der Waals surface area (Å²) in [7, 11) is 0. The highest BCUT2D eigenvalue weighted by Gasteiger charge is 2.21. The average Bonchev–Trinajstić information content (AvgIpc) is 3.31. The van der Waals surface area contributed by atoms with E-state index < -0.39 is 5.91 Å². The molecule has 2 aromatic heterocycles. The van der Waals surface area contributed by atoms with Gasteiger partial charge in [-0.3, -0.25) is 4.79 Å². The van der Waals surface area contributed by atoms with E-state index in [-0.39, 0.29) is 17.4 Å². The molecule has 0 saturated carbocycles. The first-order valence-corrected chi connectivity index (χ1v) is 7.89. The van der Waals surface area contributed by atoms with E-state index in [9.17, 15) is 9.90 Å². The first-order chi connectivity index (χ1) is 12.1. The summed E-state index contributed by atoms with van der Waals surface area (Å²) in [6, 6.07) is 4.26. The second-order valence-corrected chi connectivity index (χ2v) is 5.32. The number of rotatable bonds is 6. The van der Waals surface area contributed by atoms with Crippen LogP contribution in [0.1, 0.15) is 42.5 Å². The summed E-state index contributed by atoms with van der Waals surface area (Å²) in [5.41, 5.74) is 0.701. The molecule has 2 N–H and O–H groups in total. The minimum atomic E-state index is -0.412. The zero-order chi connectivity index (χ0) is 17.8. The molecule has 0 unspecified atom stereocenters. The molecule has 0 fully saturated rings. The molecule has 0 bridgehead atoms. The van der Waals surface area contributed by atoms with E-state index in [2.05, 4.69) is 30.9 Å². The molecule has 2 heterocycles. The zero-order valence-electron chi connectivity index (χ0n) is 13.9. The number of nitrogens with one attached hydrogen (secondary N) is 1. The fourth-order valence-electron chi connectivity index (χ4n) is 2.50. The molecular formula is C15H18N8O2. The minimum Gasteiger partial charge on any atom is -0.507 e. The zero-order valence-corrected chi connectivity index (χ0v) is 13.9. The lowest BCUT2D eigenvalue weighted by atomic mass is 10.1. The Morgan fingerprint density at radius 1 is 1.36 bits per heavy atom. The molecule has 0 radical (unpaired) electrons. The summed E-state index contributed by atoms with van der Waals surface area (Å²) in [6.45, 7) is 4.55. The number of aryl methyl sites for hydroxylation is 1. The number of amides is 1. The van der Waals surface area contributed by atoms with Gasteiger partial charge in [-0.25, -0.2) is 14.3 Å². The molecule has 10 heteroatoms. The van der Waals surface area contributed by atoms with Gasteiger partial charge in [0.15, 0.2) is 0 Å². The number of tetrazole rings is 1. The Kier molecular flexibility index (Phi) is 4.68. The van der Waals surface area contributed by atoms with Crippen LogP contribution < -0.4 is 5.32 Å². The van der Waals surface area contributed by atoms with Crippen LogP contribution in [-0.2, 0) is 6.54 Å². The molecule has 10 nitrogen and oxygen atoms in total. The molecule has 1 amide bonds. The fourth-order valence-corrected chi connectivity index (χ4v) is 2.50. The van der Waals surface area contributed by atoms with E-state index in [1.54, 1.807) is 10.7 Å². The second-order valence-electron chi connectivity index (χ2n) is 5.32. The number of phenolic OH excluding ortho intramolecular Hbond substituents is 1. The number of benzene rings is 1. The number of hydrogen-bond donors (Lipinski definition) is 2. The first kappa shape index (κ1) is 16.6. The lowest BCUT2D eigenvalue weighted by molar-refractivity contribution is 0.0930. The van der Waals surface area contributed by atoms with E-state index in [0.717, 1.165) is 0 Å². The highest BCUT2D eigenvalue weighted by molar-refractivity contribution is 5.97. The molecule has 0 saturated heterocycles. The van der Waals surface area contributed by atoms with Crippen molar-refractivity contribution in [3.05, 3.63) is 42.2 Å². The number of carbonyl (C=O) groups is 1. The third kappa shape index (κ3) is 3.32. The molecule has 130 valence electrons. The van der Waals surface area contributed by atoms with E-state index in [0.29, 0.717) is 24.5 Å². The van der Waals surface area contributed by atoms with Crippen LogP contribution in [0.2, 0.25) is 0 Å². The van der Waals surface area contributed by atoms with Crippen LogP contribution in [0.25, 0.3) is 5.69 Å². The van der Waals surface area contributed by atoms with Crippen molar-refractivity contribution in [1.29, 1.82) is 0 Å². The maximum Gasteiger partial charge on any atom is 0.255 e. The quantitative estimate of drug-likeness (QED) is 0.681. The van der Waals surface area contributed by atoms with E-state index >= 15 is 0 Å². The topological polar surface area (TPSA) is 124 Å². The van der Waals surface area contributed by atoms with Crippen molar-refractivity contribution in [2.45, 2.75) is 32.9 Å². The Hall–Kier alpha value is -3.30. The molecule has 3 rings (SSSR count). The Morgan fingerprint density at radius 3 is 2.88 bits per heavy atom. The summed E-state index contributed by atoms with van der Waals surface area (Å²) >= 11 is 0. The standard InChI is InChI=1S/C15H18N8O2/c1-3-12(14-16-8-18-22(14)4-2)19-15(25)11-7-10(5-6-13(11)24)23-9-17-20-21-23/h5-9,12,24H,3-4H2,1-2H3,(H,19,25)/t12-/m0/s1. The summed E-state index contributed by atoms with van der Waals surface area (Å²) in [5, 5.41) is 28.0. The fraction of sp³-hybridized carbons (Fsp3) is 0.333. The Labute approximate surface area is 143 Å². The SMILES string of the molecule is CC[C@H](NC(=O)c1cc(-n2cnnn2)ccc1O)c1ncnn1CC. The largest absolute Gasteiger partial charge is 0.507 e. The van der Waals surface area contributed by atoms with Crippen LogP contribution in [0.15, 0.2) is 30.9 Å². The van der Waals surface area contributed by atoms with Crippen LogP contribution in [0.3, 0.4) is 0 Å². The summed E-state index contributed by atoms with van der Waals surface area (Å²) in [4.78, 5) is 16.9. The molecule has 1 atom stereocenters. The number of phenols is 1. The van der Waals surface area contributed by atoms with Crippen LogP contribution in [0, 0.1) is 0 Å². The van der Waals surface area contributed by atoms with E-state index in [1.807, 2.05) is 13.8 Å². The predicted molar refractivity (Wildman–Crippen MR) is 87.0 cm³/mol. The Bertz CT molecular complexity index is 858. The van der Waals surface area contributed by atoms with Crippen molar-refractivity contribution >= 4 is 5.91 Å². The highest BCUT2D eigenvalue weighted by atomic mass is 16.3. The Morgan fingerprint density at radius 2 is 2.20 bits per heavy atom. The summed E-state index contributed by atoms with van der Waals surface area (Å²) in [5.74, 6) is 0.139. The molecule has 0 spiro atoms. The van der Waals surface area contributed by atoms with Crippen LogP contribution in [0.5, 0.6) is 5.75 Å². The molecule has 1 aromatic carbocycles. The molecule has 3 aromatic rings. The van der Waals surface area contributed by atoms with Gasteiger partial charge in [-0.15, -0.1) is 5.10 Å². The second kappa shape index (κ2) is 7.07. The van der Waals surface area contributed by atoms with Gasteiger partial charge in [-0.1, -0.05) is 6.92 Å². The van der Waals surface area contributed by atoms with Crippen molar-refractivity contribution in [2.24, 2.45) is 0 Å². The van der Waals surface area contributed by atoms with Gasteiger partial charge in [-0.05, 0) is 42.0 Å². The van der Waals surface area contributed by atoms with Crippen LogP contribution in [0.4, 0.5) is 0 Å². The van der Waals surface area contributed by atoms with Gasteiger partial charge in [0.2, 0.25) is 0 Å². The van der Waals surface area contributed by atoms with Crippen LogP contribution in [-0.4, -0.2) is 46.0 Å². The van der Waals surface area contributed by atoms with Crippen molar-refractivity contribution in [3.63, 3.8) is 0 Å². The van der Waals surface area contributed by atoms with Gasteiger partial charge >= 0.3 is 0 Å². The summed E-state index contributed by atoms with van der Waals surface area (Å²) < 4.78 is 3.13. The van der Waals surface area contributed by atoms with Crippen molar-refractivity contribution < 1.29 is 9.90 Å². The smallest absolute Gasteiger partial charge is 0.255 e. The number of carbonyl (C=O) groups excluding carboxylic acids is 1. The lowest BCUT2D eigenvalue weighted by Gasteiger charge is -2.17. The predicted octanol–water partition coefficient (Wildman–Crippen LogP) is 0.860. The van der Waals surface area contributed by atoms with Gasteiger partial charge in [0.1, 0.15) is 24.2 Å². The maximum atomic E-state index is 12.7. The minimum absolute atomic E-state index is 0.124. The van der Waals surface area contributed by atoms with Gasteiger partial charge in [0, 0.05) is 6.54 Å². The van der Waals surface area contributed by atoms with E-state index in [4.69, 9.17) is 0 Å². The number of hydrogen-bond acceptors (Lipinski definition) is 7. The molecule has 0 aliphatic rings. The highest BCUT2D eigenvalue weighted by Crippen LogP contribution is 2.22. The van der Waals surface area contributed by atoms with Crippen molar-refractivity contribution in [3.8, 4) is 11.4 Å². The number of aromatic hydroxyl groups is 1. The molecular weight excluding hydrogens is 324 g/mol. The van der Waals surface area contributed by atoms with Crippen molar-refractivity contribution in [2.75, 3.05) is 0 Å². The summed E-state index contributed by atoms with van der Waals surface area (Å²) in [6.07, 6.45) is 3.51. The van der Waals surface area contributed by atoms with Gasteiger partial charge < -0.3 is 10.4 Å².